The quantitative estimate of drug-likeness (QED) is 0.341. The summed E-state index contributed by atoms with van der Waals surface area (Å²) in [6.07, 6.45) is 6.44. The zero-order valence-electron chi connectivity index (χ0n) is 26.0. The second kappa shape index (κ2) is 17.4. The summed E-state index contributed by atoms with van der Waals surface area (Å²) in [6.45, 7) is 42.5. The Kier molecular flexibility index (Phi) is 19.8. The van der Waals surface area contributed by atoms with E-state index in [1.54, 1.807) is 0 Å². The van der Waals surface area contributed by atoms with Gasteiger partial charge in [0.25, 0.3) is 0 Å². The number of hydrogen-bond acceptors (Lipinski definition) is 2. The van der Waals surface area contributed by atoms with Gasteiger partial charge in [0.1, 0.15) is 0 Å². The normalized spacial score (nSPS) is 16.5. The molecule has 0 bridgehead atoms. The Balaban J connectivity index is -0.00000129. The highest BCUT2D eigenvalue weighted by atomic mass is 15.3. The smallest absolute Gasteiger partial charge is 0.0158 e. The molecular formula is C30H68N2. The molecule has 1 aliphatic rings. The summed E-state index contributed by atoms with van der Waals surface area (Å²) in [5.74, 6) is 0. The van der Waals surface area contributed by atoms with Crippen molar-refractivity contribution in [2.45, 2.75) is 148 Å². The van der Waals surface area contributed by atoms with Crippen molar-refractivity contribution >= 4 is 0 Å². The minimum Gasteiger partial charge on any atom is -0.301 e. The maximum absolute atomic E-state index is 2.77. The van der Waals surface area contributed by atoms with E-state index in [0.29, 0.717) is 21.8 Å². The zero-order valence-corrected chi connectivity index (χ0v) is 26.0. The van der Waals surface area contributed by atoms with E-state index in [4.69, 9.17) is 0 Å². The van der Waals surface area contributed by atoms with E-state index in [1.807, 2.05) is 41.5 Å². The van der Waals surface area contributed by atoms with E-state index in [2.05, 4.69) is 79.0 Å². The largest absolute Gasteiger partial charge is 0.301 e. The Morgan fingerprint density at radius 3 is 1.41 bits per heavy atom. The number of hydrogen-bond donors (Lipinski definition) is 0. The van der Waals surface area contributed by atoms with Gasteiger partial charge in [0.05, 0.1) is 0 Å². The van der Waals surface area contributed by atoms with Gasteiger partial charge in [-0.2, -0.15) is 0 Å². The molecule has 2 nitrogen and oxygen atoms in total. The summed E-state index contributed by atoms with van der Waals surface area (Å²) in [4.78, 5) is 5.51. The molecule has 1 aliphatic heterocycles. The van der Waals surface area contributed by atoms with E-state index in [1.165, 1.54) is 64.8 Å². The van der Waals surface area contributed by atoms with Gasteiger partial charge in [-0.05, 0) is 62.4 Å². The van der Waals surface area contributed by atoms with E-state index in [9.17, 15) is 0 Å². The first kappa shape index (κ1) is 36.5. The Labute approximate surface area is 207 Å². The summed E-state index contributed by atoms with van der Waals surface area (Å²) in [7, 11) is 0. The average molecular weight is 457 g/mol. The van der Waals surface area contributed by atoms with Crippen LogP contribution in [-0.2, 0) is 0 Å². The highest BCUT2D eigenvalue weighted by Gasteiger charge is 2.35. The molecule has 0 N–H and O–H groups in total. The molecule has 1 rings (SSSR count). The van der Waals surface area contributed by atoms with E-state index in [0.717, 1.165) is 0 Å². The van der Waals surface area contributed by atoms with Gasteiger partial charge in [0.2, 0.25) is 0 Å². The first-order valence-electron chi connectivity index (χ1n) is 14.2. The molecule has 2 heteroatoms. The predicted molar refractivity (Wildman–Crippen MR) is 152 cm³/mol. The van der Waals surface area contributed by atoms with Crippen molar-refractivity contribution < 1.29 is 0 Å². The van der Waals surface area contributed by atoms with Gasteiger partial charge in [-0.25, -0.2) is 0 Å². The molecular weight excluding hydrogens is 388 g/mol. The third-order valence-corrected chi connectivity index (χ3v) is 6.88. The number of rotatable bonds is 9. The van der Waals surface area contributed by atoms with Crippen LogP contribution < -0.4 is 0 Å². The first-order chi connectivity index (χ1) is 14.7. The van der Waals surface area contributed by atoms with Crippen LogP contribution in [0.3, 0.4) is 0 Å². The fourth-order valence-electron chi connectivity index (χ4n) is 5.22. The standard InChI is InChI=1S/C24H50N2.3C2H6/c1-11-21(3,4)18-23(7,8)20-25-14-13-15-26(17-16-25)24(9,10)19-22(5,6)12-2;3*1-2/h11-20H2,1-10H3;3*1-2H3. The molecule has 0 aromatic rings. The summed E-state index contributed by atoms with van der Waals surface area (Å²) in [6, 6.07) is 0. The molecule has 1 heterocycles. The van der Waals surface area contributed by atoms with Crippen LogP contribution in [0.1, 0.15) is 143 Å². The molecule has 0 amide bonds. The van der Waals surface area contributed by atoms with Crippen LogP contribution in [0.5, 0.6) is 0 Å². The molecule has 32 heavy (non-hydrogen) atoms. The van der Waals surface area contributed by atoms with Crippen LogP contribution in [0, 0.1) is 16.2 Å². The van der Waals surface area contributed by atoms with Crippen LogP contribution in [-0.4, -0.2) is 48.1 Å². The fraction of sp³-hybridized carbons (Fsp3) is 1.00. The van der Waals surface area contributed by atoms with Crippen molar-refractivity contribution in [3.05, 3.63) is 0 Å². The maximum Gasteiger partial charge on any atom is 0.0158 e. The summed E-state index contributed by atoms with van der Waals surface area (Å²) >= 11 is 0. The lowest BCUT2D eigenvalue weighted by molar-refractivity contribution is 0.0697. The van der Waals surface area contributed by atoms with E-state index in [-0.39, 0.29) is 0 Å². The summed E-state index contributed by atoms with van der Waals surface area (Å²) in [5, 5.41) is 0. The minimum absolute atomic E-state index is 0.301. The minimum atomic E-state index is 0.301. The molecule has 0 spiro atoms. The van der Waals surface area contributed by atoms with E-state index < -0.39 is 0 Å². The lowest BCUT2D eigenvalue weighted by Crippen LogP contribution is -2.48. The van der Waals surface area contributed by atoms with Gasteiger partial charge in [-0.3, -0.25) is 4.90 Å². The lowest BCUT2D eigenvalue weighted by atomic mass is 9.73. The highest BCUT2D eigenvalue weighted by molar-refractivity contribution is 4.90. The van der Waals surface area contributed by atoms with Crippen LogP contribution in [0.25, 0.3) is 0 Å². The molecule has 0 atom stereocenters. The van der Waals surface area contributed by atoms with Crippen molar-refractivity contribution in [3.8, 4) is 0 Å². The molecule has 198 valence electrons. The van der Waals surface area contributed by atoms with Crippen molar-refractivity contribution in [3.63, 3.8) is 0 Å². The maximum atomic E-state index is 2.77. The summed E-state index contributed by atoms with van der Waals surface area (Å²) < 4.78 is 0. The molecule has 1 saturated heterocycles. The first-order valence-corrected chi connectivity index (χ1v) is 14.2. The van der Waals surface area contributed by atoms with Crippen molar-refractivity contribution in [2.75, 3.05) is 32.7 Å². The van der Waals surface area contributed by atoms with Crippen molar-refractivity contribution in [1.82, 2.24) is 9.80 Å². The Morgan fingerprint density at radius 1 is 0.531 bits per heavy atom. The SMILES string of the molecule is CC.CC.CC.CCC(C)(C)CC(C)(C)CN1CCCN(C(C)(C)CC(C)(C)CC)CC1. The highest BCUT2D eigenvalue weighted by Crippen LogP contribution is 2.37. The molecule has 0 unspecified atom stereocenters. The van der Waals surface area contributed by atoms with Gasteiger partial charge in [0, 0.05) is 25.2 Å². The Morgan fingerprint density at radius 2 is 0.969 bits per heavy atom. The monoisotopic (exact) mass is 457 g/mol. The average Bonchev–Trinajstić information content (AvgIpc) is 2.96. The molecule has 1 fully saturated rings. The predicted octanol–water partition coefficient (Wildman–Crippen LogP) is 9.53. The van der Waals surface area contributed by atoms with Gasteiger partial charge in [-0.1, -0.05) is 110 Å². The molecule has 0 aromatic carbocycles. The van der Waals surface area contributed by atoms with E-state index >= 15 is 0 Å². The topological polar surface area (TPSA) is 6.48 Å². The third-order valence-electron chi connectivity index (χ3n) is 6.88. The van der Waals surface area contributed by atoms with Gasteiger partial charge in [-0.15, -0.1) is 0 Å². The number of nitrogens with zero attached hydrogens (tertiary/aromatic N) is 2. The van der Waals surface area contributed by atoms with Crippen LogP contribution >= 0.6 is 0 Å². The van der Waals surface area contributed by atoms with Crippen LogP contribution in [0.15, 0.2) is 0 Å². The lowest BCUT2D eigenvalue weighted by Gasteiger charge is -2.43. The van der Waals surface area contributed by atoms with Crippen molar-refractivity contribution in [1.29, 1.82) is 0 Å². The summed E-state index contributed by atoms with van der Waals surface area (Å²) in [5.41, 5.74) is 1.59. The molecule has 0 aromatic heterocycles. The second-order valence-corrected chi connectivity index (χ2v) is 12.0. The van der Waals surface area contributed by atoms with Crippen molar-refractivity contribution in [2.24, 2.45) is 16.2 Å². The Bertz CT molecular complexity index is 421. The van der Waals surface area contributed by atoms with Crippen LogP contribution in [0.2, 0.25) is 0 Å². The Hall–Kier alpha value is -0.0800. The van der Waals surface area contributed by atoms with Gasteiger partial charge >= 0.3 is 0 Å². The van der Waals surface area contributed by atoms with Gasteiger partial charge in [0.15, 0.2) is 0 Å². The van der Waals surface area contributed by atoms with Gasteiger partial charge < -0.3 is 4.90 Å². The molecule has 0 radical (unpaired) electrons. The second-order valence-electron chi connectivity index (χ2n) is 12.0. The molecule has 0 aliphatic carbocycles. The molecule has 0 saturated carbocycles. The third kappa shape index (κ3) is 15.7. The van der Waals surface area contributed by atoms with Crippen LogP contribution in [0.4, 0.5) is 0 Å². The fourth-order valence-corrected chi connectivity index (χ4v) is 5.22. The zero-order chi connectivity index (χ0) is 26.2.